The third-order valence-corrected chi connectivity index (χ3v) is 4.02. The van der Waals surface area contributed by atoms with Gasteiger partial charge in [0.1, 0.15) is 5.82 Å². The smallest absolute Gasteiger partial charge is 0.227 e. The van der Waals surface area contributed by atoms with Gasteiger partial charge in [0, 0.05) is 27.6 Å². The summed E-state index contributed by atoms with van der Waals surface area (Å²) < 4.78 is 24.3. The van der Waals surface area contributed by atoms with Crippen LogP contribution in [-0.4, -0.2) is 21.5 Å². The molecular formula is C16H16FNO3S. The Bertz CT molecular complexity index is 688. The van der Waals surface area contributed by atoms with E-state index in [2.05, 4.69) is 5.32 Å². The number of carbonyl (C=O) groups excluding carboxylic acids is 1. The van der Waals surface area contributed by atoms with Gasteiger partial charge in [0.2, 0.25) is 5.91 Å². The molecule has 6 heteroatoms. The molecule has 0 spiro atoms. The molecule has 2 atom stereocenters. The Labute approximate surface area is 130 Å². The summed E-state index contributed by atoms with van der Waals surface area (Å²) in [6.45, 7) is 0. The zero-order valence-corrected chi connectivity index (χ0v) is 12.8. The van der Waals surface area contributed by atoms with Gasteiger partial charge in [0.15, 0.2) is 0 Å². The minimum absolute atomic E-state index is 0.176. The van der Waals surface area contributed by atoms with Crippen LogP contribution in [0.2, 0.25) is 0 Å². The predicted octanol–water partition coefficient (Wildman–Crippen LogP) is 2.63. The van der Waals surface area contributed by atoms with Crippen molar-refractivity contribution in [2.24, 2.45) is 0 Å². The maximum absolute atomic E-state index is 13.1. The van der Waals surface area contributed by atoms with Crippen LogP contribution in [0.4, 0.5) is 10.1 Å². The highest BCUT2D eigenvalue weighted by Gasteiger charge is 2.13. The summed E-state index contributed by atoms with van der Waals surface area (Å²) in [5.74, 6) is -0.845. The van der Waals surface area contributed by atoms with Crippen LogP contribution < -0.4 is 5.32 Å². The van der Waals surface area contributed by atoms with Gasteiger partial charge in [-0.25, -0.2) is 4.39 Å². The van der Waals surface area contributed by atoms with Gasteiger partial charge < -0.3 is 10.4 Å². The highest BCUT2D eigenvalue weighted by atomic mass is 32.2. The maximum atomic E-state index is 13.1. The topological polar surface area (TPSA) is 66.4 Å². The zero-order chi connectivity index (χ0) is 16.1. The number of amides is 1. The molecule has 0 aliphatic rings. The molecule has 0 saturated carbocycles. The number of hydrogen-bond acceptors (Lipinski definition) is 3. The molecule has 0 aromatic heterocycles. The average Bonchev–Trinajstić information content (AvgIpc) is 2.47. The predicted molar refractivity (Wildman–Crippen MR) is 83.4 cm³/mol. The van der Waals surface area contributed by atoms with E-state index in [1.807, 2.05) is 0 Å². The lowest BCUT2D eigenvalue weighted by Gasteiger charge is -2.11. The fraction of sp³-hybridized carbons (Fsp3) is 0.188. The van der Waals surface area contributed by atoms with Crippen molar-refractivity contribution in [1.82, 2.24) is 0 Å². The highest BCUT2D eigenvalue weighted by molar-refractivity contribution is 7.84. The first-order valence-corrected chi connectivity index (χ1v) is 8.18. The van der Waals surface area contributed by atoms with Crippen molar-refractivity contribution in [3.05, 3.63) is 59.9 Å². The molecule has 0 radical (unpaired) electrons. The lowest BCUT2D eigenvalue weighted by atomic mass is 10.1. The van der Waals surface area contributed by atoms with Crippen molar-refractivity contribution in [3.63, 3.8) is 0 Å². The Morgan fingerprint density at radius 2 is 1.95 bits per heavy atom. The first kappa shape index (κ1) is 16.3. The van der Waals surface area contributed by atoms with Crippen LogP contribution >= 0.6 is 0 Å². The van der Waals surface area contributed by atoms with Crippen LogP contribution in [0.1, 0.15) is 18.1 Å². The molecule has 22 heavy (non-hydrogen) atoms. The molecule has 116 valence electrons. The number of anilines is 1. The summed E-state index contributed by atoms with van der Waals surface area (Å²) in [5.41, 5.74) is 0.900. The molecule has 2 unspecified atom stereocenters. The first-order valence-electron chi connectivity index (χ1n) is 6.62. The van der Waals surface area contributed by atoms with E-state index in [9.17, 15) is 18.5 Å². The maximum Gasteiger partial charge on any atom is 0.227 e. The van der Waals surface area contributed by atoms with E-state index < -0.39 is 22.7 Å². The number of hydrogen-bond donors (Lipinski definition) is 2. The number of rotatable bonds is 5. The fourth-order valence-corrected chi connectivity index (χ4v) is 2.47. The zero-order valence-electron chi connectivity index (χ0n) is 12.0. The molecule has 1 amide bonds. The summed E-state index contributed by atoms with van der Waals surface area (Å²) in [4.78, 5) is 12.5. The molecular weight excluding hydrogens is 305 g/mol. The minimum atomic E-state index is -1.07. The highest BCUT2D eigenvalue weighted by Crippen LogP contribution is 2.19. The molecule has 0 fully saturated rings. The van der Waals surface area contributed by atoms with Crippen molar-refractivity contribution in [2.45, 2.75) is 17.4 Å². The Kier molecular flexibility index (Phi) is 5.41. The Balaban J connectivity index is 1.96. The average molecular weight is 321 g/mol. The monoisotopic (exact) mass is 321 g/mol. The summed E-state index contributed by atoms with van der Waals surface area (Å²) >= 11 is 0. The van der Waals surface area contributed by atoms with Crippen LogP contribution in [0.15, 0.2) is 53.4 Å². The molecule has 4 nitrogen and oxygen atoms in total. The molecule has 2 N–H and O–H groups in total. The second-order valence-electron chi connectivity index (χ2n) is 4.80. The third-order valence-electron chi connectivity index (χ3n) is 3.08. The van der Waals surface area contributed by atoms with Crippen molar-refractivity contribution in [1.29, 1.82) is 0 Å². The van der Waals surface area contributed by atoms with E-state index in [1.54, 1.807) is 36.6 Å². The van der Waals surface area contributed by atoms with Crippen molar-refractivity contribution < 1.29 is 18.5 Å². The number of aliphatic hydroxyl groups is 1. The SMILES string of the molecule is CS(=O)c1ccc(NC(=O)CC(O)c2cccc(F)c2)cc1. The second kappa shape index (κ2) is 7.29. The number of halogens is 1. The van der Waals surface area contributed by atoms with Gasteiger partial charge in [-0.05, 0) is 42.0 Å². The second-order valence-corrected chi connectivity index (χ2v) is 6.18. The summed E-state index contributed by atoms with van der Waals surface area (Å²) in [7, 11) is -1.07. The van der Waals surface area contributed by atoms with E-state index in [0.29, 0.717) is 16.1 Å². The van der Waals surface area contributed by atoms with Gasteiger partial charge in [0.25, 0.3) is 0 Å². The number of benzene rings is 2. The molecule has 0 saturated heterocycles. The summed E-state index contributed by atoms with van der Waals surface area (Å²) in [6.07, 6.45) is 0.325. The number of aliphatic hydroxyl groups excluding tert-OH is 1. The van der Waals surface area contributed by atoms with E-state index in [1.165, 1.54) is 18.2 Å². The lowest BCUT2D eigenvalue weighted by Crippen LogP contribution is -2.15. The molecule has 2 aromatic carbocycles. The fourth-order valence-electron chi connectivity index (χ4n) is 1.95. The van der Waals surface area contributed by atoms with E-state index >= 15 is 0 Å². The molecule has 0 aliphatic carbocycles. The van der Waals surface area contributed by atoms with Gasteiger partial charge in [-0.2, -0.15) is 0 Å². The van der Waals surface area contributed by atoms with Gasteiger partial charge in [-0.15, -0.1) is 0 Å². The van der Waals surface area contributed by atoms with Crippen LogP contribution in [0.3, 0.4) is 0 Å². The molecule has 0 bridgehead atoms. The number of nitrogens with one attached hydrogen (secondary N) is 1. The van der Waals surface area contributed by atoms with Crippen molar-refractivity contribution >= 4 is 22.4 Å². The van der Waals surface area contributed by atoms with Crippen LogP contribution in [-0.2, 0) is 15.6 Å². The van der Waals surface area contributed by atoms with Crippen molar-refractivity contribution in [3.8, 4) is 0 Å². The van der Waals surface area contributed by atoms with Crippen LogP contribution in [0.25, 0.3) is 0 Å². The molecule has 2 aromatic rings. The normalized spacial score (nSPS) is 13.4. The van der Waals surface area contributed by atoms with E-state index in [0.717, 1.165) is 0 Å². The van der Waals surface area contributed by atoms with Gasteiger partial charge in [-0.3, -0.25) is 9.00 Å². The lowest BCUT2D eigenvalue weighted by molar-refractivity contribution is -0.118. The Hall–Kier alpha value is -2.05. The summed E-state index contributed by atoms with van der Waals surface area (Å²) in [5, 5.41) is 12.6. The van der Waals surface area contributed by atoms with E-state index in [-0.39, 0.29) is 12.3 Å². The largest absolute Gasteiger partial charge is 0.388 e. The molecule has 2 rings (SSSR count). The Morgan fingerprint density at radius 3 is 2.55 bits per heavy atom. The molecule has 0 heterocycles. The summed E-state index contributed by atoms with van der Waals surface area (Å²) in [6, 6.07) is 12.1. The number of carbonyl (C=O) groups is 1. The van der Waals surface area contributed by atoms with Gasteiger partial charge in [-0.1, -0.05) is 12.1 Å². The minimum Gasteiger partial charge on any atom is -0.388 e. The van der Waals surface area contributed by atoms with E-state index in [4.69, 9.17) is 0 Å². The van der Waals surface area contributed by atoms with Crippen LogP contribution in [0.5, 0.6) is 0 Å². The van der Waals surface area contributed by atoms with Crippen LogP contribution in [0, 0.1) is 5.82 Å². The first-order chi connectivity index (χ1) is 10.5. The van der Waals surface area contributed by atoms with Crippen molar-refractivity contribution in [2.75, 3.05) is 11.6 Å². The Morgan fingerprint density at radius 1 is 1.27 bits per heavy atom. The quantitative estimate of drug-likeness (QED) is 0.889. The third kappa shape index (κ3) is 4.47. The van der Waals surface area contributed by atoms with Gasteiger partial charge in [0.05, 0.1) is 12.5 Å². The standard InChI is InChI=1S/C16H16FNO3S/c1-22(21)14-7-5-13(6-8-14)18-16(20)10-15(19)11-3-2-4-12(17)9-11/h2-9,15,19H,10H2,1H3,(H,18,20). The van der Waals surface area contributed by atoms with Gasteiger partial charge >= 0.3 is 0 Å². The molecule has 0 aliphatic heterocycles.